The minimum absolute atomic E-state index is 0. The van der Waals surface area contributed by atoms with E-state index in [9.17, 15) is 15.3 Å². The van der Waals surface area contributed by atoms with Crippen molar-refractivity contribution in [3.63, 3.8) is 0 Å². The van der Waals surface area contributed by atoms with Crippen molar-refractivity contribution >= 4 is 17.4 Å². The summed E-state index contributed by atoms with van der Waals surface area (Å²) in [6, 6.07) is 0. The number of methoxy groups -OCH3 is 9. The van der Waals surface area contributed by atoms with Gasteiger partial charge in [-0.25, -0.2) is 0 Å². The van der Waals surface area contributed by atoms with Crippen LogP contribution in [-0.4, -0.2) is 138 Å². The van der Waals surface area contributed by atoms with Gasteiger partial charge in [-0.1, -0.05) is 0 Å². The Morgan fingerprint density at radius 3 is 0.622 bits per heavy atom. The molecule has 0 amide bonds. The van der Waals surface area contributed by atoms with Crippen molar-refractivity contribution in [3.05, 3.63) is 0 Å². The minimum Gasteiger partial charge on any atom is -0.825 e. The van der Waals surface area contributed by atoms with Crippen LogP contribution < -0.4 is 15.3 Å². The second-order valence-electron chi connectivity index (χ2n) is 6.01. The molecule has 0 saturated carbocycles. The van der Waals surface area contributed by atoms with Gasteiger partial charge in [0, 0.05) is 83.8 Å². The molecule has 0 heterocycles. The van der Waals surface area contributed by atoms with Crippen molar-refractivity contribution in [2.24, 2.45) is 0 Å². The monoisotopic (exact) mass is 564 g/mol. The molecule has 3 atom stereocenters. The SMILES string of the molecule is CCOC([O-])C(OC)(OC)OC.CCOC([O-])C(OC)(OC)OC.CCOC([O-])C(OC)(OC)OC.[Al+3]. The van der Waals surface area contributed by atoms with Crippen LogP contribution in [0, 0.1) is 0 Å². The topological polar surface area (TPSA) is 180 Å². The van der Waals surface area contributed by atoms with E-state index < -0.39 is 36.8 Å². The average Bonchev–Trinajstić information content (AvgIpc) is 2.90. The first-order valence-corrected chi connectivity index (χ1v) is 10.8. The molecule has 0 bridgehead atoms. The third-order valence-corrected chi connectivity index (χ3v) is 4.38. The predicted octanol–water partition coefficient (Wildman–Crippen LogP) is -2.47. The van der Waals surface area contributed by atoms with Crippen molar-refractivity contribution in [2.45, 2.75) is 57.6 Å². The summed E-state index contributed by atoms with van der Waals surface area (Å²) in [6.45, 7) is 5.97. The van der Waals surface area contributed by atoms with E-state index >= 15 is 0 Å². The fourth-order valence-electron chi connectivity index (χ4n) is 2.38. The van der Waals surface area contributed by atoms with Gasteiger partial charge in [-0.3, -0.25) is 0 Å². The summed E-state index contributed by atoms with van der Waals surface area (Å²) in [5.74, 6) is -4.93. The Morgan fingerprint density at radius 1 is 0.405 bits per heavy atom. The molecule has 0 aromatic heterocycles. The molecular formula is C21H45AlO15. The van der Waals surface area contributed by atoms with Crippen molar-refractivity contribution in [1.29, 1.82) is 0 Å². The van der Waals surface area contributed by atoms with Gasteiger partial charge in [0.25, 0.3) is 17.9 Å². The van der Waals surface area contributed by atoms with Gasteiger partial charge < -0.3 is 72.2 Å². The molecule has 15 nitrogen and oxygen atoms in total. The first-order valence-electron chi connectivity index (χ1n) is 10.8. The van der Waals surface area contributed by atoms with E-state index in [1.807, 2.05) is 0 Å². The van der Waals surface area contributed by atoms with Crippen molar-refractivity contribution in [1.82, 2.24) is 0 Å². The molecule has 0 aromatic rings. The number of ether oxygens (including phenoxy) is 12. The van der Waals surface area contributed by atoms with Crippen LogP contribution >= 0.6 is 0 Å². The van der Waals surface area contributed by atoms with Gasteiger partial charge in [0.1, 0.15) is 0 Å². The van der Waals surface area contributed by atoms with Crippen molar-refractivity contribution < 1.29 is 72.2 Å². The smallest absolute Gasteiger partial charge is 0.825 e. The maximum atomic E-state index is 11.2. The van der Waals surface area contributed by atoms with Crippen molar-refractivity contribution in [2.75, 3.05) is 83.8 Å². The minimum atomic E-state index is -1.64. The second-order valence-corrected chi connectivity index (χ2v) is 6.01. The maximum Gasteiger partial charge on any atom is 3.00 e. The van der Waals surface area contributed by atoms with Crippen LogP contribution in [0.1, 0.15) is 20.8 Å². The van der Waals surface area contributed by atoms with Crippen LogP contribution in [-0.2, 0) is 56.8 Å². The molecule has 16 heteroatoms. The molecule has 0 aliphatic rings. The molecule has 37 heavy (non-hydrogen) atoms. The first kappa shape index (κ1) is 44.0. The Hall–Kier alpha value is -0.0675. The second kappa shape index (κ2) is 24.9. The van der Waals surface area contributed by atoms with Gasteiger partial charge in [0.15, 0.2) is 0 Å². The van der Waals surface area contributed by atoms with E-state index in [4.69, 9.17) is 56.8 Å². The maximum absolute atomic E-state index is 11.2. The fraction of sp³-hybridized carbons (Fsp3) is 1.00. The van der Waals surface area contributed by atoms with Gasteiger partial charge in [-0.2, -0.15) is 0 Å². The average molecular weight is 565 g/mol. The summed E-state index contributed by atoms with van der Waals surface area (Å²) in [7, 11) is 11.8. The molecule has 0 radical (unpaired) electrons. The summed E-state index contributed by atoms with van der Waals surface area (Å²) >= 11 is 0. The zero-order valence-electron chi connectivity index (χ0n) is 24.1. The quantitative estimate of drug-likeness (QED) is 0.126. The van der Waals surface area contributed by atoms with E-state index in [2.05, 4.69) is 0 Å². The van der Waals surface area contributed by atoms with E-state index in [0.29, 0.717) is 0 Å². The summed E-state index contributed by atoms with van der Waals surface area (Å²) < 4.78 is 57.2. The molecule has 0 aliphatic heterocycles. The Morgan fingerprint density at radius 2 is 0.541 bits per heavy atom. The first-order chi connectivity index (χ1) is 17.0. The molecule has 0 saturated heterocycles. The Labute approximate surface area is 231 Å². The predicted molar refractivity (Wildman–Crippen MR) is 123 cm³/mol. The molecule has 0 spiro atoms. The van der Waals surface area contributed by atoms with Crippen LogP contribution in [0.3, 0.4) is 0 Å². The van der Waals surface area contributed by atoms with Gasteiger partial charge in [-0.15, -0.1) is 0 Å². The van der Waals surface area contributed by atoms with Crippen LogP contribution in [0.5, 0.6) is 0 Å². The van der Waals surface area contributed by atoms with Crippen molar-refractivity contribution in [3.8, 4) is 0 Å². The molecule has 0 fully saturated rings. The van der Waals surface area contributed by atoms with Gasteiger partial charge in [0.2, 0.25) is 0 Å². The molecule has 0 aliphatic carbocycles. The number of hydrogen-bond acceptors (Lipinski definition) is 15. The largest absolute Gasteiger partial charge is 3.00 e. The van der Waals surface area contributed by atoms with E-state index in [1.165, 1.54) is 64.0 Å². The number of rotatable bonds is 18. The Kier molecular flexibility index (Phi) is 29.6. The molecule has 3 unspecified atom stereocenters. The summed E-state index contributed by atoms with van der Waals surface area (Å²) in [5, 5.41) is 33.7. The normalized spacial score (nSPS) is 14.4. The fourth-order valence-corrected chi connectivity index (χ4v) is 2.38. The van der Waals surface area contributed by atoms with Crippen LogP contribution in [0.4, 0.5) is 0 Å². The summed E-state index contributed by atoms with van der Waals surface area (Å²) in [4.78, 5) is 0. The molecule has 0 N–H and O–H groups in total. The zero-order chi connectivity index (χ0) is 28.8. The summed E-state index contributed by atoms with van der Waals surface area (Å²) in [5.41, 5.74) is 0. The Balaban J connectivity index is -0.000000218. The molecule has 0 aromatic carbocycles. The third kappa shape index (κ3) is 14.2. The Bertz CT molecular complexity index is 386. The third-order valence-electron chi connectivity index (χ3n) is 4.38. The van der Waals surface area contributed by atoms with Gasteiger partial charge in [-0.05, 0) is 20.8 Å². The summed E-state index contributed by atoms with van der Waals surface area (Å²) in [6.07, 6.45) is -4.53. The number of hydrogen-bond donors (Lipinski definition) is 0. The molecule has 0 rings (SSSR count). The van der Waals surface area contributed by atoms with Crippen LogP contribution in [0.15, 0.2) is 0 Å². The van der Waals surface area contributed by atoms with Crippen LogP contribution in [0.25, 0.3) is 0 Å². The van der Waals surface area contributed by atoms with Crippen LogP contribution in [0.2, 0.25) is 0 Å². The van der Waals surface area contributed by atoms with E-state index in [1.54, 1.807) is 20.8 Å². The van der Waals surface area contributed by atoms with E-state index in [-0.39, 0.29) is 37.2 Å². The molecule has 222 valence electrons. The van der Waals surface area contributed by atoms with Gasteiger partial charge >= 0.3 is 17.4 Å². The van der Waals surface area contributed by atoms with E-state index in [0.717, 1.165) is 0 Å². The standard InChI is InChI=1S/3C7H15O5.Al/c3*1-5-12-6(8)7(9-2,10-3)11-4;/h3*6H,5H2,1-4H3;/q3*-1;+3. The molecular weight excluding hydrogens is 519 g/mol. The zero-order valence-corrected chi connectivity index (χ0v) is 25.2. The van der Waals surface area contributed by atoms with Gasteiger partial charge in [0.05, 0.1) is 18.9 Å².